The van der Waals surface area contributed by atoms with Crippen LogP contribution in [-0.2, 0) is 9.59 Å². The van der Waals surface area contributed by atoms with Gasteiger partial charge in [0.1, 0.15) is 24.7 Å². The lowest BCUT2D eigenvalue weighted by atomic mass is 9.91. The second kappa shape index (κ2) is 9.41. The number of carbonyl (C=O) groups is 2. The van der Waals surface area contributed by atoms with E-state index in [-0.39, 0.29) is 17.4 Å². The third-order valence-electron chi connectivity index (χ3n) is 6.75. The third-order valence-corrected chi connectivity index (χ3v) is 6.75. The number of likely N-dealkylation sites (tertiary alicyclic amines) is 1. The highest BCUT2D eigenvalue weighted by molar-refractivity contribution is 6.46. The molecule has 3 aliphatic rings. The fourth-order valence-corrected chi connectivity index (χ4v) is 5.20. The summed E-state index contributed by atoms with van der Waals surface area (Å²) in [4.78, 5) is 28.4. The van der Waals surface area contributed by atoms with Crippen LogP contribution in [0, 0.1) is 0 Å². The summed E-state index contributed by atoms with van der Waals surface area (Å²) in [6, 6.07) is 11.8. The third kappa shape index (κ3) is 4.00. The first-order valence-electron chi connectivity index (χ1n) is 12.0. The number of amides is 1. The smallest absolute Gasteiger partial charge is 0.295 e. The second-order valence-electron chi connectivity index (χ2n) is 8.86. The van der Waals surface area contributed by atoms with E-state index < -0.39 is 17.7 Å². The Morgan fingerprint density at radius 3 is 2.56 bits per heavy atom. The lowest BCUT2D eigenvalue weighted by molar-refractivity contribution is -0.141. The van der Waals surface area contributed by atoms with Crippen molar-refractivity contribution >= 4 is 17.4 Å². The molecule has 1 N–H and O–H groups in total. The summed E-state index contributed by atoms with van der Waals surface area (Å²) in [7, 11) is 0. The molecule has 2 fully saturated rings. The molecule has 7 heteroatoms. The quantitative estimate of drug-likeness (QED) is 0.396. The number of nitrogens with zero attached hydrogens (tertiary/aromatic N) is 1. The number of aliphatic hydroxyl groups is 1. The van der Waals surface area contributed by atoms with Gasteiger partial charge in [-0.15, -0.1) is 0 Å². The molecule has 2 aliphatic heterocycles. The van der Waals surface area contributed by atoms with Crippen molar-refractivity contribution in [3.63, 3.8) is 0 Å². The molecule has 178 valence electrons. The summed E-state index contributed by atoms with van der Waals surface area (Å²) in [5.41, 5.74) is 1.26. The number of aliphatic hydroxyl groups excluding tert-OH is 1. The average Bonchev–Trinajstić information content (AvgIpc) is 3.14. The van der Waals surface area contributed by atoms with Crippen LogP contribution in [0.4, 0.5) is 0 Å². The summed E-state index contributed by atoms with van der Waals surface area (Å²) >= 11 is 0. The van der Waals surface area contributed by atoms with Gasteiger partial charge >= 0.3 is 0 Å². The molecule has 1 aliphatic carbocycles. The molecule has 1 saturated heterocycles. The molecule has 1 unspecified atom stereocenters. The molecule has 0 radical (unpaired) electrons. The SMILES string of the molecule is CCOc1cccc(C2/C(=C(/O)c3ccc4c(c3)OCCO4)C(=O)C(=O)N2C2CCCCC2)c1. The number of ether oxygens (including phenoxy) is 3. The minimum atomic E-state index is -0.684. The van der Waals surface area contributed by atoms with Crippen molar-refractivity contribution in [2.45, 2.75) is 51.1 Å². The van der Waals surface area contributed by atoms with Gasteiger partial charge < -0.3 is 24.2 Å². The van der Waals surface area contributed by atoms with Crippen LogP contribution in [0.15, 0.2) is 48.0 Å². The van der Waals surface area contributed by atoms with Crippen LogP contribution in [0.5, 0.6) is 17.2 Å². The topological polar surface area (TPSA) is 85.3 Å². The van der Waals surface area contributed by atoms with Crippen molar-refractivity contribution in [3.8, 4) is 17.2 Å². The number of carbonyl (C=O) groups excluding carboxylic acids is 2. The second-order valence-corrected chi connectivity index (χ2v) is 8.86. The van der Waals surface area contributed by atoms with Crippen LogP contribution >= 0.6 is 0 Å². The number of ketones is 1. The Labute approximate surface area is 198 Å². The Morgan fingerprint density at radius 2 is 1.79 bits per heavy atom. The maximum Gasteiger partial charge on any atom is 0.295 e. The van der Waals surface area contributed by atoms with Gasteiger partial charge in [-0.3, -0.25) is 9.59 Å². The Kier molecular flexibility index (Phi) is 6.18. The van der Waals surface area contributed by atoms with Gasteiger partial charge in [-0.25, -0.2) is 0 Å². The van der Waals surface area contributed by atoms with Crippen molar-refractivity contribution in [1.29, 1.82) is 0 Å². The summed E-state index contributed by atoms with van der Waals surface area (Å²) < 4.78 is 16.9. The monoisotopic (exact) mass is 463 g/mol. The van der Waals surface area contributed by atoms with Crippen LogP contribution in [0.3, 0.4) is 0 Å². The maximum atomic E-state index is 13.4. The zero-order valence-electron chi connectivity index (χ0n) is 19.3. The molecular formula is C27H29NO6. The van der Waals surface area contributed by atoms with E-state index in [1.807, 2.05) is 31.2 Å². The number of benzene rings is 2. The van der Waals surface area contributed by atoms with E-state index in [0.717, 1.165) is 37.7 Å². The summed E-state index contributed by atoms with van der Waals surface area (Å²) in [6.07, 6.45) is 4.85. The molecule has 1 amide bonds. The maximum absolute atomic E-state index is 13.4. The zero-order valence-corrected chi connectivity index (χ0v) is 19.3. The van der Waals surface area contributed by atoms with Gasteiger partial charge in [0.05, 0.1) is 18.2 Å². The van der Waals surface area contributed by atoms with Gasteiger partial charge in [0.15, 0.2) is 11.5 Å². The van der Waals surface area contributed by atoms with Gasteiger partial charge in [-0.05, 0) is 55.7 Å². The van der Waals surface area contributed by atoms with Crippen molar-refractivity contribution < 1.29 is 28.9 Å². The predicted octanol–water partition coefficient (Wildman–Crippen LogP) is 4.61. The first-order chi connectivity index (χ1) is 16.6. The molecular weight excluding hydrogens is 434 g/mol. The Bertz CT molecular complexity index is 1130. The van der Waals surface area contributed by atoms with Gasteiger partial charge in [0.2, 0.25) is 0 Å². The fourth-order valence-electron chi connectivity index (χ4n) is 5.20. The van der Waals surface area contributed by atoms with E-state index in [1.54, 1.807) is 23.1 Å². The number of rotatable bonds is 5. The molecule has 1 atom stereocenters. The minimum Gasteiger partial charge on any atom is -0.507 e. The molecule has 0 bridgehead atoms. The van der Waals surface area contributed by atoms with Gasteiger partial charge in [0, 0.05) is 11.6 Å². The molecule has 1 saturated carbocycles. The minimum absolute atomic E-state index is 0.0449. The summed E-state index contributed by atoms with van der Waals surface area (Å²) in [5.74, 6) is 0.328. The van der Waals surface area contributed by atoms with Gasteiger partial charge in [-0.2, -0.15) is 0 Å². The Hall–Kier alpha value is -3.48. The highest BCUT2D eigenvalue weighted by Crippen LogP contribution is 2.44. The van der Waals surface area contributed by atoms with Crippen LogP contribution < -0.4 is 14.2 Å². The first kappa shape index (κ1) is 22.3. The molecule has 0 spiro atoms. The number of hydrogen-bond acceptors (Lipinski definition) is 6. The van der Waals surface area contributed by atoms with Crippen LogP contribution in [0.2, 0.25) is 0 Å². The number of fused-ring (bicyclic) bond motifs is 1. The van der Waals surface area contributed by atoms with E-state index in [4.69, 9.17) is 14.2 Å². The highest BCUT2D eigenvalue weighted by atomic mass is 16.6. The molecule has 2 aromatic carbocycles. The summed E-state index contributed by atoms with van der Waals surface area (Å²) in [6.45, 7) is 3.28. The first-order valence-corrected chi connectivity index (χ1v) is 12.0. The van der Waals surface area contributed by atoms with Crippen molar-refractivity contribution in [2.24, 2.45) is 0 Å². The average molecular weight is 464 g/mol. The zero-order chi connectivity index (χ0) is 23.7. The van der Waals surface area contributed by atoms with Crippen molar-refractivity contribution in [1.82, 2.24) is 4.90 Å². The van der Waals surface area contributed by atoms with E-state index in [1.165, 1.54) is 0 Å². The van der Waals surface area contributed by atoms with Gasteiger partial charge in [0.25, 0.3) is 11.7 Å². The van der Waals surface area contributed by atoms with Gasteiger partial charge in [-0.1, -0.05) is 31.4 Å². The molecule has 7 nitrogen and oxygen atoms in total. The lowest BCUT2D eigenvalue weighted by Gasteiger charge is -2.35. The molecule has 2 aromatic rings. The van der Waals surface area contributed by atoms with E-state index in [2.05, 4.69) is 0 Å². The van der Waals surface area contributed by atoms with Crippen LogP contribution in [0.1, 0.15) is 56.2 Å². The highest BCUT2D eigenvalue weighted by Gasteiger charge is 2.49. The Balaban J connectivity index is 1.63. The molecule has 0 aromatic heterocycles. The fraction of sp³-hybridized carbons (Fsp3) is 0.407. The Morgan fingerprint density at radius 1 is 1.03 bits per heavy atom. The molecule has 34 heavy (non-hydrogen) atoms. The largest absolute Gasteiger partial charge is 0.507 e. The van der Waals surface area contributed by atoms with E-state index in [9.17, 15) is 14.7 Å². The van der Waals surface area contributed by atoms with Crippen LogP contribution in [0.25, 0.3) is 5.76 Å². The van der Waals surface area contributed by atoms with E-state index >= 15 is 0 Å². The number of hydrogen-bond donors (Lipinski definition) is 1. The molecule has 5 rings (SSSR count). The lowest BCUT2D eigenvalue weighted by Crippen LogP contribution is -2.40. The standard InChI is InChI=1S/C27H29NO6/c1-2-32-20-10-6-7-17(15-20)24-23(26(30)27(31)28(24)19-8-4-3-5-9-19)25(29)18-11-12-21-22(16-18)34-14-13-33-21/h6-7,10-12,15-16,19,24,29H,2-5,8-9,13-14H2,1H3/b25-23-. The number of Topliss-reactive ketones (excluding diaryl/α,β-unsaturated/α-hetero) is 1. The predicted molar refractivity (Wildman–Crippen MR) is 126 cm³/mol. The van der Waals surface area contributed by atoms with E-state index in [0.29, 0.717) is 42.6 Å². The van der Waals surface area contributed by atoms with Crippen LogP contribution in [-0.4, -0.2) is 47.6 Å². The normalized spacial score (nSPS) is 22.1. The summed E-state index contributed by atoms with van der Waals surface area (Å²) in [5, 5.41) is 11.4. The van der Waals surface area contributed by atoms with Crippen molar-refractivity contribution in [3.05, 3.63) is 59.2 Å². The van der Waals surface area contributed by atoms with Crippen molar-refractivity contribution in [2.75, 3.05) is 19.8 Å². The molecule has 2 heterocycles.